The van der Waals surface area contributed by atoms with E-state index in [9.17, 15) is 4.79 Å². The monoisotopic (exact) mass is 212 g/mol. The number of carbonyl (C=O) groups excluding carboxylic acids is 1. The molecule has 0 fully saturated rings. The van der Waals surface area contributed by atoms with E-state index in [0.29, 0.717) is 6.61 Å². The van der Waals surface area contributed by atoms with Crippen molar-refractivity contribution in [2.24, 2.45) is 5.10 Å². The molecule has 5 heteroatoms. The molecule has 0 aliphatic rings. The van der Waals surface area contributed by atoms with Gasteiger partial charge in [0.15, 0.2) is 0 Å². The molecule has 0 bridgehead atoms. The van der Waals surface area contributed by atoms with Crippen LogP contribution in [0.2, 0.25) is 0 Å². The van der Waals surface area contributed by atoms with Crippen molar-refractivity contribution in [3.63, 3.8) is 0 Å². The Bertz CT molecular complexity index is 320. The number of nitrogens with zero attached hydrogens (tertiary/aromatic N) is 1. The molecule has 1 amide bonds. The summed E-state index contributed by atoms with van der Waals surface area (Å²) in [7, 11) is 0. The highest BCUT2D eigenvalue weighted by Gasteiger charge is 2.00. The summed E-state index contributed by atoms with van der Waals surface area (Å²) >= 11 is 1.59. The fourth-order valence-corrected chi connectivity index (χ4v) is 1.53. The van der Waals surface area contributed by atoms with Crippen molar-refractivity contribution in [3.8, 4) is 0 Å². The van der Waals surface area contributed by atoms with Gasteiger partial charge in [-0.1, -0.05) is 0 Å². The lowest BCUT2D eigenvalue weighted by atomic mass is 10.2. The Labute approximate surface area is 86.6 Å². The van der Waals surface area contributed by atoms with Crippen molar-refractivity contribution in [2.75, 3.05) is 6.61 Å². The first-order valence-electron chi connectivity index (χ1n) is 4.23. The molecule has 0 saturated heterocycles. The number of nitrogens with one attached hydrogen (secondary N) is 1. The van der Waals surface area contributed by atoms with Crippen molar-refractivity contribution in [2.45, 2.75) is 13.8 Å². The van der Waals surface area contributed by atoms with Gasteiger partial charge in [0.05, 0.1) is 12.3 Å². The predicted octanol–water partition coefficient (Wildman–Crippen LogP) is 2.22. The third kappa shape index (κ3) is 3.18. The van der Waals surface area contributed by atoms with Crippen LogP contribution in [-0.4, -0.2) is 18.4 Å². The van der Waals surface area contributed by atoms with Crippen LogP contribution in [0.1, 0.15) is 19.4 Å². The van der Waals surface area contributed by atoms with Crippen LogP contribution in [0.4, 0.5) is 4.79 Å². The van der Waals surface area contributed by atoms with E-state index in [1.807, 2.05) is 23.8 Å². The standard InChI is InChI=1S/C9H12N2O2S/c1-3-13-9(12)11-10-7(2)8-4-5-14-6-8/h4-6H,3H2,1-2H3,(H,11,12). The summed E-state index contributed by atoms with van der Waals surface area (Å²) in [5.74, 6) is 0. The van der Waals surface area contributed by atoms with Gasteiger partial charge in [-0.05, 0) is 30.7 Å². The number of thiophene rings is 1. The number of carbonyl (C=O) groups is 1. The molecule has 1 aromatic rings. The van der Waals surface area contributed by atoms with E-state index < -0.39 is 6.09 Å². The van der Waals surface area contributed by atoms with Crippen molar-refractivity contribution in [1.29, 1.82) is 0 Å². The topological polar surface area (TPSA) is 50.7 Å². The average Bonchev–Trinajstić information content (AvgIpc) is 2.67. The van der Waals surface area contributed by atoms with E-state index >= 15 is 0 Å². The molecule has 0 radical (unpaired) electrons. The van der Waals surface area contributed by atoms with Gasteiger partial charge in [0, 0.05) is 5.56 Å². The minimum atomic E-state index is -0.526. The van der Waals surface area contributed by atoms with Crippen molar-refractivity contribution >= 4 is 23.1 Å². The van der Waals surface area contributed by atoms with Crippen molar-refractivity contribution < 1.29 is 9.53 Å². The molecule has 0 saturated carbocycles. The van der Waals surface area contributed by atoms with Gasteiger partial charge >= 0.3 is 6.09 Å². The zero-order valence-corrected chi connectivity index (χ0v) is 8.93. The number of ether oxygens (including phenoxy) is 1. The van der Waals surface area contributed by atoms with E-state index in [1.165, 1.54) is 0 Å². The van der Waals surface area contributed by atoms with E-state index in [0.717, 1.165) is 11.3 Å². The number of rotatable bonds is 3. The Kier molecular flexibility index (Phi) is 4.12. The molecule has 76 valence electrons. The largest absolute Gasteiger partial charge is 0.449 e. The first-order valence-corrected chi connectivity index (χ1v) is 5.18. The molecule has 1 rings (SSSR count). The molecule has 1 aromatic heterocycles. The molecule has 0 unspecified atom stereocenters. The van der Waals surface area contributed by atoms with Gasteiger partial charge in [-0.25, -0.2) is 10.2 Å². The maximum atomic E-state index is 10.9. The first kappa shape index (κ1) is 10.7. The zero-order chi connectivity index (χ0) is 10.4. The number of amides is 1. The highest BCUT2D eigenvalue weighted by atomic mass is 32.1. The molecule has 0 atom stereocenters. The molecule has 14 heavy (non-hydrogen) atoms. The molecule has 0 aliphatic carbocycles. The smallest absolute Gasteiger partial charge is 0.427 e. The summed E-state index contributed by atoms with van der Waals surface area (Å²) in [4.78, 5) is 10.9. The number of hydrogen-bond donors (Lipinski definition) is 1. The predicted molar refractivity (Wildman–Crippen MR) is 56.7 cm³/mol. The van der Waals surface area contributed by atoms with Crippen LogP contribution in [0.15, 0.2) is 21.9 Å². The van der Waals surface area contributed by atoms with Gasteiger partial charge in [-0.15, -0.1) is 0 Å². The van der Waals surface area contributed by atoms with Crippen LogP contribution in [0.5, 0.6) is 0 Å². The van der Waals surface area contributed by atoms with Crippen LogP contribution in [0.25, 0.3) is 0 Å². The molecular formula is C9H12N2O2S. The quantitative estimate of drug-likeness (QED) is 0.617. The lowest BCUT2D eigenvalue weighted by molar-refractivity contribution is 0.152. The van der Waals surface area contributed by atoms with Crippen LogP contribution in [0, 0.1) is 0 Å². The van der Waals surface area contributed by atoms with Gasteiger partial charge in [0.1, 0.15) is 0 Å². The Morgan fingerprint density at radius 3 is 3.07 bits per heavy atom. The summed E-state index contributed by atoms with van der Waals surface area (Å²) in [6.07, 6.45) is -0.526. The highest BCUT2D eigenvalue weighted by molar-refractivity contribution is 7.08. The normalized spacial score (nSPS) is 11.1. The fraction of sp³-hybridized carbons (Fsp3) is 0.333. The van der Waals surface area contributed by atoms with Crippen LogP contribution in [0.3, 0.4) is 0 Å². The second-order valence-electron chi connectivity index (χ2n) is 2.54. The molecule has 0 aromatic carbocycles. The van der Waals surface area contributed by atoms with Crippen molar-refractivity contribution in [1.82, 2.24) is 5.43 Å². The molecule has 4 nitrogen and oxygen atoms in total. The Hall–Kier alpha value is -1.36. The summed E-state index contributed by atoms with van der Waals surface area (Å²) < 4.78 is 4.66. The Morgan fingerprint density at radius 2 is 2.50 bits per heavy atom. The molecule has 1 N–H and O–H groups in total. The van der Waals surface area contributed by atoms with Crippen LogP contribution in [-0.2, 0) is 4.74 Å². The van der Waals surface area contributed by atoms with E-state index in [1.54, 1.807) is 18.3 Å². The van der Waals surface area contributed by atoms with E-state index in [-0.39, 0.29) is 0 Å². The van der Waals surface area contributed by atoms with Crippen LogP contribution >= 0.6 is 11.3 Å². The zero-order valence-electron chi connectivity index (χ0n) is 8.11. The second kappa shape index (κ2) is 5.39. The Balaban J connectivity index is 2.49. The van der Waals surface area contributed by atoms with Gasteiger partial charge < -0.3 is 4.74 Å². The fourth-order valence-electron chi connectivity index (χ4n) is 0.828. The lowest BCUT2D eigenvalue weighted by Gasteiger charge is -2.00. The summed E-state index contributed by atoms with van der Waals surface area (Å²) in [6.45, 7) is 3.92. The highest BCUT2D eigenvalue weighted by Crippen LogP contribution is 2.06. The van der Waals surface area contributed by atoms with E-state index in [4.69, 9.17) is 0 Å². The minimum absolute atomic E-state index is 0.346. The van der Waals surface area contributed by atoms with E-state index in [2.05, 4.69) is 15.3 Å². The number of hydrogen-bond acceptors (Lipinski definition) is 4. The molecular weight excluding hydrogens is 200 g/mol. The molecule has 0 spiro atoms. The van der Waals surface area contributed by atoms with Crippen LogP contribution < -0.4 is 5.43 Å². The van der Waals surface area contributed by atoms with Gasteiger partial charge in [-0.2, -0.15) is 16.4 Å². The maximum Gasteiger partial charge on any atom is 0.427 e. The Morgan fingerprint density at radius 1 is 1.71 bits per heavy atom. The number of hydrazone groups is 1. The third-order valence-corrected chi connectivity index (χ3v) is 2.21. The SMILES string of the molecule is CCOC(=O)NN=C(C)c1ccsc1. The van der Waals surface area contributed by atoms with Gasteiger partial charge in [0.2, 0.25) is 0 Å². The lowest BCUT2D eigenvalue weighted by Crippen LogP contribution is -2.20. The summed E-state index contributed by atoms with van der Waals surface area (Å²) in [5, 5.41) is 7.80. The van der Waals surface area contributed by atoms with Gasteiger partial charge in [-0.3, -0.25) is 0 Å². The summed E-state index contributed by atoms with van der Waals surface area (Å²) in [6, 6.07) is 1.94. The molecule has 0 aliphatic heterocycles. The maximum absolute atomic E-state index is 10.9. The average molecular weight is 212 g/mol. The minimum Gasteiger partial charge on any atom is -0.449 e. The van der Waals surface area contributed by atoms with Crippen molar-refractivity contribution in [3.05, 3.63) is 22.4 Å². The molecule has 1 heterocycles. The summed E-state index contributed by atoms with van der Waals surface area (Å²) in [5.41, 5.74) is 4.07. The van der Waals surface area contributed by atoms with Gasteiger partial charge in [0.25, 0.3) is 0 Å². The first-order chi connectivity index (χ1) is 6.74. The second-order valence-corrected chi connectivity index (χ2v) is 3.32. The third-order valence-electron chi connectivity index (χ3n) is 1.53.